The maximum atomic E-state index is 4.90. The number of para-hydroxylation sites is 1. The number of aliphatic imine (C=N–C) groups is 1. The highest BCUT2D eigenvalue weighted by Gasteiger charge is 2.18. The quantitative estimate of drug-likeness (QED) is 0.250. The number of hydrogen-bond donors (Lipinski definition) is 0. The summed E-state index contributed by atoms with van der Waals surface area (Å²) in [6.07, 6.45) is 1.65. The molecule has 0 spiro atoms. The fraction of sp³-hybridized carbons (Fsp3) is 0.0500. The third kappa shape index (κ3) is 3.52. The standard InChI is InChI=1S/C20H14I2N4/c21-16-9-3-1-7-14(16)13-23-20(15-8-2-4-10-17(15)22)26-19-12-6-5-11-18(19)24-25-26/h1-13,20H/t20-/m1/s1. The van der Waals surface area contributed by atoms with E-state index in [0.717, 1.165) is 25.7 Å². The Labute approximate surface area is 178 Å². The van der Waals surface area contributed by atoms with Gasteiger partial charge < -0.3 is 0 Å². The third-order valence-electron chi connectivity index (χ3n) is 4.05. The molecule has 0 aliphatic rings. The Bertz CT molecular complexity index is 1090. The number of aromatic nitrogens is 3. The lowest BCUT2D eigenvalue weighted by Crippen LogP contribution is -2.12. The molecule has 4 nitrogen and oxygen atoms in total. The first-order valence-corrected chi connectivity index (χ1v) is 10.2. The molecule has 0 fully saturated rings. The van der Waals surface area contributed by atoms with Gasteiger partial charge >= 0.3 is 0 Å². The van der Waals surface area contributed by atoms with Gasteiger partial charge in [0.25, 0.3) is 0 Å². The SMILES string of the molecule is Ic1ccccc1C=N[C@@H](c1ccccc1I)n1nnc2ccccc21. The Balaban J connectivity index is 1.85. The van der Waals surface area contributed by atoms with E-state index in [1.54, 1.807) is 0 Å². The second-order valence-corrected chi connectivity index (χ2v) is 8.04. The number of fused-ring (bicyclic) bond motifs is 1. The zero-order chi connectivity index (χ0) is 17.9. The van der Waals surface area contributed by atoms with Crippen LogP contribution in [0.25, 0.3) is 11.0 Å². The van der Waals surface area contributed by atoms with Gasteiger partial charge in [-0.05, 0) is 69.4 Å². The summed E-state index contributed by atoms with van der Waals surface area (Å²) in [6, 6.07) is 24.4. The molecule has 0 saturated carbocycles. The van der Waals surface area contributed by atoms with Crippen molar-refractivity contribution < 1.29 is 0 Å². The van der Waals surface area contributed by atoms with Crippen LogP contribution in [0, 0.1) is 7.14 Å². The molecule has 0 bridgehead atoms. The van der Waals surface area contributed by atoms with E-state index in [1.807, 2.05) is 59.4 Å². The summed E-state index contributed by atoms with van der Waals surface area (Å²) < 4.78 is 4.20. The summed E-state index contributed by atoms with van der Waals surface area (Å²) in [5.74, 6) is 0. The molecule has 6 heteroatoms. The highest BCUT2D eigenvalue weighted by Crippen LogP contribution is 2.27. The molecule has 4 rings (SSSR count). The summed E-state index contributed by atoms with van der Waals surface area (Å²) in [5.41, 5.74) is 4.03. The maximum absolute atomic E-state index is 4.90. The van der Waals surface area contributed by atoms with Crippen LogP contribution in [-0.2, 0) is 0 Å². The van der Waals surface area contributed by atoms with Gasteiger partial charge in [-0.3, -0.25) is 4.99 Å². The molecular formula is C20H14I2N4. The monoisotopic (exact) mass is 564 g/mol. The molecule has 128 valence electrons. The van der Waals surface area contributed by atoms with Crippen molar-refractivity contribution in [1.82, 2.24) is 15.0 Å². The van der Waals surface area contributed by atoms with Crippen molar-refractivity contribution in [3.63, 3.8) is 0 Å². The smallest absolute Gasteiger partial charge is 0.170 e. The average molecular weight is 564 g/mol. The highest BCUT2D eigenvalue weighted by atomic mass is 127. The Kier molecular flexibility index (Phi) is 5.30. The first-order valence-electron chi connectivity index (χ1n) is 8.06. The Hall–Kier alpha value is -1.81. The third-order valence-corrected chi connectivity index (χ3v) is 6.02. The second-order valence-electron chi connectivity index (χ2n) is 5.72. The zero-order valence-electron chi connectivity index (χ0n) is 13.6. The van der Waals surface area contributed by atoms with Gasteiger partial charge in [-0.1, -0.05) is 53.7 Å². The molecule has 0 radical (unpaired) electrons. The van der Waals surface area contributed by atoms with Crippen molar-refractivity contribution in [2.75, 3.05) is 0 Å². The lowest BCUT2D eigenvalue weighted by atomic mass is 10.1. The minimum Gasteiger partial charge on any atom is -0.261 e. The van der Waals surface area contributed by atoms with E-state index in [9.17, 15) is 0 Å². The molecule has 0 aliphatic carbocycles. The van der Waals surface area contributed by atoms with Crippen LogP contribution in [0.1, 0.15) is 17.3 Å². The van der Waals surface area contributed by atoms with Crippen molar-refractivity contribution in [2.24, 2.45) is 4.99 Å². The molecule has 0 amide bonds. The van der Waals surface area contributed by atoms with Crippen molar-refractivity contribution in [2.45, 2.75) is 6.17 Å². The fourth-order valence-corrected chi connectivity index (χ4v) is 3.95. The molecule has 3 aromatic carbocycles. The van der Waals surface area contributed by atoms with Crippen molar-refractivity contribution in [1.29, 1.82) is 0 Å². The molecule has 0 saturated heterocycles. The van der Waals surface area contributed by atoms with Crippen LogP contribution in [0.15, 0.2) is 77.8 Å². The van der Waals surface area contributed by atoms with Gasteiger partial charge in [0.05, 0.1) is 5.52 Å². The van der Waals surface area contributed by atoms with Gasteiger partial charge in [-0.25, -0.2) is 4.68 Å². The molecular weight excluding hydrogens is 550 g/mol. The summed E-state index contributed by atoms with van der Waals surface area (Å²) >= 11 is 4.68. The van der Waals surface area contributed by atoms with E-state index in [4.69, 9.17) is 4.99 Å². The number of hydrogen-bond acceptors (Lipinski definition) is 3. The summed E-state index contributed by atoms with van der Waals surface area (Å²) in [5, 5.41) is 8.70. The van der Waals surface area contributed by atoms with E-state index in [0.29, 0.717) is 0 Å². The number of benzene rings is 3. The van der Waals surface area contributed by atoms with Gasteiger partial charge in [0.15, 0.2) is 6.17 Å². The molecule has 4 aromatic rings. The second kappa shape index (κ2) is 7.83. The van der Waals surface area contributed by atoms with Gasteiger partial charge in [-0.2, -0.15) is 0 Å². The Morgan fingerprint density at radius 3 is 2.35 bits per heavy atom. The van der Waals surface area contributed by atoms with Gasteiger partial charge in [-0.15, -0.1) is 5.10 Å². The van der Waals surface area contributed by atoms with Gasteiger partial charge in [0.2, 0.25) is 0 Å². The van der Waals surface area contributed by atoms with Crippen molar-refractivity contribution >= 4 is 62.4 Å². The lowest BCUT2D eigenvalue weighted by molar-refractivity contribution is 0.541. The zero-order valence-corrected chi connectivity index (χ0v) is 17.9. The molecule has 1 aromatic heterocycles. The van der Waals surface area contributed by atoms with E-state index < -0.39 is 0 Å². The topological polar surface area (TPSA) is 43.1 Å². The highest BCUT2D eigenvalue weighted by molar-refractivity contribution is 14.1. The molecule has 1 atom stereocenters. The average Bonchev–Trinajstić information content (AvgIpc) is 3.09. The minimum absolute atomic E-state index is 0.272. The summed E-state index contributed by atoms with van der Waals surface area (Å²) in [4.78, 5) is 4.90. The van der Waals surface area contributed by atoms with Crippen LogP contribution in [-0.4, -0.2) is 21.2 Å². The molecule has 1 heterocycles. The molecule has 0 aliphatic heterocycles. The van der Waals surface area contributed by atoms with Crippen LogP contribution >= 0.6 is 45.2 Å². The number of rotatable bonds is 4. The van der Waals surface area contributed by atoms with Gasteiger partial charge in [0.1, 0.15) is 5.52 Å². The number of nitrogens with zero attached hydrogens (tertiary/aromatic N) is 4. The number of halogens is 2. The van der Waals surface area contributed by atoms with E-state index in [2.05, 4.69) is 79.8 Å². The lowest BCUT2D eigenvalue weighted by Gasteiger charge is -2.15. The van der Waals surface area contributed by atoms with E-state index >= 15 is 0 Å². The van der Waals surface area contributed by atoms with Crippen LogP contribution in [0.5, 0.6) is 0 Å². The van der Waals surface area contributed by atoms with E-state index in [-0.39, 0.29) is 6.17 Å². The van der Waals surface area contributed by atoms with Crippen molar-refractivity contribution in [3.8, 4) is 0 Å². The van der Waals surface area contributed by atoms with E-state index in [1.165, 1.54) is 3.57 Å². The van der Waals surface area contributed by atoms with Crippen LogP contribution in [0.4, 0.5) is 0 Å². The molecule has 0 N–H and O–H groups in total. The summed E-state index contributed by atoms with van der Waals surface area (Å²) in [7, 11) is 0. The summed E-state index contributed by atoms with van der Waals surface area (Å²) in [6.45, 7) is 0. The first kappa shape index (κ1) is 17.6. The normalized spacial score (nSPS) is 12.7. The van der Waals surface area contributed by atoms with Crippen LogP contribution < -0.4 is 0 Å². The maximum Gasteiger partial charge on any atom is 0.170 e. The molecule has 0 unspecified atom stereocenters. The predicted molar refractivity (Wildman–Crippen MR) is 122 cm³/mol. The fourth-order valence-electron chi connectivity index (χ4n) is 2.76. The minimum atomic E-state index is -0.272. The Morgan fingerprint density at radius 1 is 0.846 bits per heavy atom. The molecule has 26 heavy (non-hydrogen) atoms. The Morgan fingerprint density at radius 2 is 1.54 bits per heavy atom. The predicted octanol–water partition coefficient (Wildman–Crippen LogP) is 5.31. The van der Waals surface area contributed by atoms with Crippen LogP contribution in [0.2, 0.25) is 0 Å². The largest absolute Gasteiger partial charge is 0.261 e. The van der Waals surface area contributed by atoms with Crippen LogP contribution in [0.3, 0.4) is 0 Å². The van der Waals surface area contributed by atoms with Crippen molar-refractivity contribution in [3.05, 3.63) is 91.1 Å². The first-order chi connectivity index (χ1) is 12.7. The van der Waals surface area contributed by atoms with Gasteiger partial charge in [0, 0.05) is 24.5 Å².